The SMILES string of the molecule is CCS(=O)(=O)N[C@@H]1[C@H](Cc2cccc(B3OC(C)(C)C(C)(C)O3)c2F)N(C(=O)OC(C)(C)C)CC1(F)F. The van der Waals surface area contributed by atoms with Crippen molar-refractivity contribution in [3.8, 4) is 0 Å². The fourth-order valence-electron chi connectivity index (χ4n) is 4.23. The summed E-state index contributed by atoms with van der Waals surface area (Å²) in [6, 6.07) is 1.01. The van der Waals surface area contributed by atoms with E-state index in [0.29, 0.717) is 0 Å². The maximum Gasteiger partial charge on any atom is 0.497 e. The highest BCUT2D eigenvalue weighted by Gasteiger charge is 2.58. The maximum atomic E-state index is 15.8. The van der Waals surface area contributed by atoms with Gasteiger partial charge in [-0.15, -0.1) is 0 Å². The molecule has 13 heteroatoms. The second-order valence-corrected chi connectivity index (χ2v) is 13.6. The molecule has 0 bridgehead atoms. The molecule has 2 heterocycles. The van der Waals surface area contributed by atoms with Crippen LogP contribution in [0.5, 0.6) is 0 Å². The van der Waals surface area contributed by atoms with E-state index in [4.69, 9.17) is 14.0 Å². The van der Waals surface area contributed by atoms with Gasteiger partial charge in [-0.2, -0.15) is 0 Å². The summed E-state index contributed by atoms with van der Waals surface area (Å²) in [5, 5.41) is 0. The van der Waals surface area contributed by atoms with Crippen LogP contribution >= 0.6 is 0 Å². The van der Waals surface area contributed by atoms with Crippen molar-refractivity contribution in [2.45, 2.75) is 96.6 Å². The Morgan fingerprint density at radius 2 is 1.76 bits per heavy atom. The van der Waals surface area contributed by atoms with Crippen LogP contribution in [0, 0.1) is 5.82 Å². The predicted octanol–water partition coefficient (Wildman–Crippen LogP) is 3.23. The molecule has 1 aromatic rings. The van der Waals surface area contributed by atoms with Crippen LogP contribution in [0.1, 0.15) is 61.0 Å². The molecule has 1 N–H and O–H groups in total. The molecule has 2 fully saturated rings. The highest BCUT2D eigenvalue weighted by atomic mass is 32.2. The van der Waals surface area contributed by atoms with Gasteiger partial charge in [-0.1, -0.05) is 18.2 Å². The number of nitrogens with one attached hydrogen (secondary N) is 1. The molecule has 0 unspecified atom stereocenters. The van der Waals surface area contributed by atoms with E-state index in [1.165, 1.54) is 25.1 Å². The van der Waals surface area contributed by atoms with E-state index in [2.05, 4.69) is 0 Å². The first-order valence-electron chi connectivity index (χ1n) is 12.2. The summed E-state index contributed by atoms with van der Waals surface area (Å²) >= 11 is 0. The van der Waals surface area contributed by atoms with Crippen molar-refractivity contribution < 1.29 is 40.4 Å². The Bertz CT molecular complexity index is 1120. The summed E-state index contributed by atoms with van der Waals surface area (Å²) in [4.78, 5) is 13.7. The summed E-state index contributed by atoms with van der Waals surface area (Å²) in [7, 11) is -5.12. The summed E-state index contributed by atoms with van der Waals surface area (Å²) in [5.41, 5.74) is -2.37. The van der Waals surface area contributed by atoms with Gasteiger partial charge in [0.2, 0.25) is 10.0 Å². The third kappa shape index (κ3) is 6.26. The Labute approximate surface area is 217 Å². The number of nitrogens with zero attached hydrogens (tertiary/aromatic N) is 1. The zero-order valence-corrected chi connectivity index (χ0v) is 23.3. The average molecular weight is 548 g/mol. The van der Waals surface area contributed by atoms with Crippen molar-refractivity contribution in [1.82, 2.24) is 9.62 Å². The predicted molar refractivity (Wildman–Crippen MR) is 134 cm³/mol. The van der Waals surface area contributed by atoms with Gasteiger partial charge in [-0.3, -0.25) is 4.90 Å². The quantitative estimate of drug-likeness (QED) is 0.549. The minimum absolute atomic E-state index is 0.00386. The lowest BCUT2D eigenvalue weighted by Crippen LogP contribution is -2.53. The van der Waals surface area contributed by atoms with Crippen molar-refractivity contribution in [3.05, 3.63) is 29.6 Å². The summed E-state index contributed by atoms with van der Waals surface area (Å²) in [5.74, 6) is -4.80. The van der Waals surface area contributed by atoms with Crippen molar-refractivity contribution in [3.63, 3.8) is 0 Å². The van der Waals surface area contributed by atoms with E-state index in [-0.39, 0.29) is 11.0 Å². The van der Waals surface area contributed by atoms with Gasteiger partial charge >= 0.3 is 13.2 Å². The highest BCUT2D eigenvalue weighted by Crippen LogP contribution is 2.38. The number of carbonyl (C=O) groups excluding carboxylic acids is 1. The normalized spacial score (nSPS) is 24.9. The minimum atomic E-state index is -4.08. The van der Waals surface area contributed by atoms with Crippen molar-refractivity contribution in [2.24, 2.45) is 0 Å². The van der Waals surface area contributed by atoms with Crippen molar-refractivity contribution in [1.29, 1.82) is 0 Å². The van der Waals surface area contributed by atoms with Crippen LogP contribution in [0.3, 0.4) is 0 Å². The van der Waals surface area contributed by atoms with E-state index in [1.54, 1.807) is 20.8 Å². The number of hydrogen-bond acceptors (Lipinski definition) is 6. The third-order valence-corrected chi connectivity index (χ3v) is 8.35. The number of carbonyl (C=O) groups is 1. The fourth-order valence-corrected chi connectivity index (χ4v) is 5.11. The largest absolute Gasteiger partial charge is 0.497 e. The number of ether oxygens (including phenoxy) is 1. The van der Waals surface area contributed by atoms with E-state index in [9.17, 15) is 13.2 Å². The van der Waals surface area contributed by atoms with Crippen molar-refractivity contribution in [2.75, 3.05) is 12.3 Å². The molecule has 0 radical (unpaired) electrons. The first-order valence-corrected chi connectivity index (χ1v) is 13.9. The molecule has 8 nitrogen and oxygen atoms in total. The molecule has 37 heavy (non-hydrogen) atoms. The van der Waals surface area contributed by atoms with Crippen LogP contribution in [0.25, 0.3) is 0 Å². The number of likely N-dealkylation sites (tertiary alicyclic amines) is 1. The van der Waals surface area contributed by atoms with Gasteiger partial charge in [0.1, 0.15) is 17.5 Å². The Morgan fingerprint density at radius 3 is 2.27 bits per heavy atom. The maximum absolute atomic E-state index is 15.8. The van der Waals surface area contributed by atoms with Gasteiger partial charge < -0.3 is 14.0 Å². The standard InChI is InChI=1S/C24H36BF3N2O6S/c1-9-37(32,33)29-19-17(30(14-24(19,27)28)20(31)34-21(2,3)4)13-15-11-10-12-16(18(15)26)25-35-22(5,6)23(7,8)36-25/h10-12,17,19,29H,9,13-14H2,1-8H3/t17-,19+/m0/s1. The molecule has 0 spiro atoms. The first kappa shape index (κ1) is 29.7. The summed E-state index contributed by atoms with van der Waals surface area (Å²) < 4.78 is 89.9. The lowest BCUT2D eigenvalue weighted by molar-refractivity contribution is -0.0122. The second kappa shape index (κ2) is 9.73. The molecule has 2 aliphatic heterocycles. The molecular weight excluding hydrogens is 512 g/mol. The lowest BCUT2D eigenvalue weighted by atomic mass is 9.77. The number of amides is 1. The molecular formula is C24H36BF3N2O6S. The van der Waals surface area contributed by atoms with Crippen molar-refractivity contribution >= 4 is 28.7 Å². The number of rotatable bonds is 6. The van der Waals surface area contributed by atoms with Crippen LogP contribution in [0.2, 0.25) is 0 Å². The molecule has 1 aromatic carbocycles. The Hall–Kier alpha value is -1.83. The average Bonchev–Trinajstić information content (AvgIpc) is 3.10. The van der Waals surface area contributed by atoms with E-state index in [0.717, 1.165) is 4.90 Å². The molecule has 0 aromatic heterocycles. The summed E-state index contributed by atoms with van der Waals surface area (Å²) in [6.45, 7) is 12.2. The van der Waals surface area contributed by atoms with E-state index < -0.39 is 82.6 Å². The minimum Gasteiger partial charge on any atom is -0.444 e. The van der Waals surface area contributed by atoms with Gasteiger partial charge in [0.25, 0.3) is 5.92 Å². The Morgan fingerprint density at radius 1 is 1.19 bits per heavy atom. The number of benzene rings is 1. The Kier molecular flexibility index (Phi) is 7.82. The van der Waals surface area contributed by atoms with E-state index in [1.807, 2.05) is 32.4 Å². The van der Waals surface area contributed by atoms with Crippen LogP contribution in [0.15, 0.2) is 18.2 Å². The van der Waals surface area contributed by atoms with Gasteiger partial charge in [-0.05, 0) is 67.4 Å². The third-order valence-electron chi connectivity index (χ3n) is 6.98. The molecule has 2 atom stereocenters. The second-order valence-electron chi connectivity index (χ2n) is 11.5. The lowest BCUT2D eigenvalue weighted by Gasteiger charge is -2.32. The monoisotopic (exact) mass is 548 g/mol. The van der Waals surface area contributed by atoms with Gasteiger partial charge in [0.05, 0.1) is 29.5 Å². The number of alkyl halides is 2. The number of halogens is 3. The van der Waals surface area contributed by atoms with Gasteiger partial charge in [-0.25, -0.2) is 31.1 Å². The molecule has 0 aliphatic carbocycles. The fraction of sp³-hybridized carbons (Fsp3) is 0.708. The number of sulfonamides is 1. The van der Waals surface area contributed by atoms with Crippen LogP contribution < -0.4 is 10.2 Å². The molecule has 1 amide bonds. The topological polar surface area (TPSA) is 94.2 Å². The summed E-state index contributed by atoms with van der Waals surface area (Å²) in [6.07, 6.45) is -1.44. The zero-order valence-electron chi connectivity index (χ0n) is 22.5. The molecule has 0 saturated carbocycles. The van der Waals surface area contributed by atoms with Crippen LogP contribution in [-0.4, -0.2) is 73.6 Å². The zero-order chi connectivity index (χ0) is 28.2. The van der Waals surface area contributed by atoms with Gasteiger partial charge in [0, 0.05) is 5.46 Å². The molecule has 2 saturated heterocycles. The molecule has 2 aliphatic rings. The number of hydrogen-bond donors (Lipinski definition) is 1. The first-order chi connectivity index (χ1) is 16.7. The van der Waals surface area contributed by atoms with Crippen LogP contribution in [-0.2, 0) is 30.5 Å². The van der Waals surface area contributed by atoms with E-state index >= 15 is 13.2 Å². The Balaban J connectivity index is 2.00. The molecule has 3 rings (SSSR count). The van der Waals surface area contributed by atoms with Gasteiger partial charge in [0.15, 0.2) is 0 Å². The highest BCUT2D eigenvalue weighted by molar-refractivity contribution is 7.89. The van der Waals surface area contributed by atoms with Crippen LogP contribution in [0.4, 0.5) is 18.0 Å². The molecule has 208 valence electrons. The smallest absolute Gasteiger partial charge is 0.444 e.